The van der Waals surface area contributed by atoms with E-state index in [0.717, 1.165) is 58.5 Å². The molecule has 12 heteroatoms. The summed E-state index contributed by atoms with van der Waals surface area (Å²) in [7, 11) is -1.98. The van der Waals surface area contributed by atoms with E-state index in [1.807, 2.05) is 66.7 Å². The number of aliphatic imine (C=N–C) groups is 1. The summed E-state index contributed by atoms with van der Waals surface area (Å²) in [5, 5.41) is 3.01. The van der Waals surface area contributed by atoms with Crippen LogP contribution in [0.1, 0.15) is 35.1 Å². The van der Waals surface area contributed by atoms with Crippen LogP contribution in [-0.4, -0.2) is 51.8 Å². The van der Waals surface area contributed by atoms with Crippen molar-refractivity contribution in [3.8, 4) is 5.75 Å². The predicted molar refractivity (Wildman–Crippen MR) is 183 cm³/mol. The van der Waals surface area contributed by atoms with Crippen LogP contribution in [0.5, 0.6) is 5.75 Å². The molecule has 0 spiro atoms. The molecule has 3 aromatic carbocycles. The predicted octanol–water partition coefficient (Wildman–Crippen LogP) is 5.21. The number of amides is 1. The van der Waals surface area contributed by atoms with Crippen molar-refractivity contribution in [1.82, 2.24) is 10.0 Å². The van der Waals surface area contributed by atoms with E-state index in [1.54, 1.807) is 24.1 Å². The second kappa shape index (κ2) is 13.0. The minimum atomic E-state index is -3.68. The Morgan fingerprint density at radius 2 is 1.70 bits per heavy atom. The first-order valence-electron chi connectivity index (χ1n) is 15.5. The number of likely N-dealkylation sites (N-methyl/N-ethyl adjacent to an activating group) is 1. The molecule has 1 saturated carbocycles. The third kappa shape index (κ3) is 6.50. The number of esters is 1. The van der Waals surface area contributed by atoms with Crippen LogP contribution in [-0.2, 0) is 32.5 Å². The summed E-state index contributed by atoms with van der Waals surface area (Å²) < 4.78 is 35.6. The van der Waals surface area contributed by atoms with Gasteiger partial charge in [0.1, 0.15) is 9.96 Å². The number of para-hydroxylation sites is 1. The first-order chi connectivity index (χ1) is 22.7. The molecule has 0 radical (unpaired) electrons. The fourth-order valence-corrected chi connectivity index (χ4v) is 9.82. The van der Waals surface area contributed by atoms with Crippen molar-refractivity contribution in [2.45, 2.75) is 42.1 Å². The van der Waals surface area contributed by atoms with Gasteiger partial charge >= 0.3 is 5.97 Å². The summed E-state index contributed by atoms with van der Waals surface area (Å²) in [6.07, 6.45) is 2.27. The molecule has 2 bridgehead atoms. The second-order valence-electron chi connectivity index (χ2n) is 12.2. The highest BCUT2D eigenvalue weighted by Gasteiger charge is 2.41. The van der Waals surface area contributed by atoms with Crippen LogP contribution in [0.15, 0.2) is 94.1 Å². The molecule has 1 fully saturated rings. The Kier molecular flexibility index (Phi) is 8.75. The number of carbonyl (C=O) groups is 2. The number of hydrogen-bond donors (Lipinski definition) is 2. The van der Waals surface area contributed by atoms with Crippen LogP contribution in [0.3, 0.4) is 0 Å². The zero-order valence-corrected chi connectivity index (χ0v) is 27.9. The molecule has 9 nitrogen and oxygen atoms in total. The van der Waals surface area contributed by atoms with Gasteiger partial charge in [-0.1, -0.05) is 66.2 Å². The van der Waals surface area contributed by atoms with E-state index >= 15 is 0 Å². The van der Waals surface area contributed by atoms with E-state index in [9.17, 15) is 18.0 Å². The number of sulfonamides is 1. The van der Waals surface area contributed by atoms with Gasteiger partial charge in [-0.2, -0.15) is 0 Å². The van der Waals surface area contributed by atoms with Crippen molar-refractivity contribution >= 4 is 56.2 Å². The fourth-order valence-electron chi connectivity index (χ4n) is 6.95. The van der Waals surface area contributed by atoms with Crippen molar-refractivity contribution in [1.29, 1.82) is 0 Å². The van der Waals surface area contributed by atoms with Crippen molar-refractivity contribution < 1.29 is 22.7 Å². The van der Waals surface area contributed by atoms with Crippen LogP contribution in [0.4, 0.5) is 5.69 Å². The number of benzodiazepines with no additional fused rings is 1. The lowest BCUT2D eigenvalue weighted by Crippen LogP contribution is -2.45. The van der Waals surface area contributed by atoms with E-state index in [-0.39, 0.29) is 34.5 Å². The molecule has 242 valence electrons. The smallest absolute Gasteiger partial charge is 0.325 e. The third-order valence-corrected chi connectivity index (χ3v) is 12.4. The number of carbonyl (C=O) groups excluding carboxylic acids is 2. The van der Waals surface area contributed by atoms with Gasteiger partial charge in [-0.3, -0.25) is 19.9 Å². The number of ether oxygens (including phenoxy) is 1. The molecular weight excluding hydrogens is 656 g/mol. The average Bonchev–Trinajstić information content (AvgIpc) is 3.60. The number of anilines is 1. The largest absolute Gasteiger partial charge is 0.426 e. The maximum atomic E-state index is 13.5. The molecule has 2 heterocycles. The summed E-state index contributed by atoms with van der Waals surface area (Å²) >= 11 is 7.05. The van der Waals surface area contributed by atoms with Gasteiger partial charge in [-0.25, -0.2) is 13.1 Å². The Hall–Kier alpha value is -3.87. The van der Waals surface area contributed by atoms with Crippen LogP contribution in [0.2, 0.25) is 4.34 Å². The van der Waals surface area contributed by atoms with Crippen LogP contribution in [0.25, 0.3) is 0 Å². The van der Waals surface area contributed by atoms with Gasteiger partial charge in [0.25, 0.3) is 5.91 Å². The second-order valence-corrected chi connectivity index (χ2v) is 15.8. The summed E-state index contributed by atoms with van der Waals surface area (Å²) in [5.41, 5.74) is 5.26. The highest BCUT2D eigenvalue weighted by molar-refractivity contribution is 7.91. The standard InChI is InChI=1S/C35H33ClN4O5S2/c1-40-28-10-6-5-9-27(28)33(21-7-3-2-4-8-21)38-34(35(40)42)37-20-30(41)45-26-14-13-22-17-23-11-12-24(18-25(22)19-26)32(23)39-47(43,44)31-16-15-29(36)46-31/h2-10,13-16,19,23-24,32,34,37,39H,11-12,17-18,20H2,1H3/t23?,24-,32-,34+/m1/s1. The number of halogens is 1. The van der Waals surface area contributed by atoms with Crippen LogP contribution < -0.4 is 19.7 Å². The molecule has 1 aromatic heterocycles. The molecule has 2 N–H and O–H groups in total. The minimum absolute atomic E-state index is 0.123. The molecule has 47 heavy (non-hydrogen) atoms. The maximum absolute atomic E-state index is 13.5. The van der Waals surface area contributed by atoms with E-state index in [0.29, 0.717) is 22.2 Å². The number of fused-ring (bicyclic) bond motifs is 4. The van der Waals surface area contributed by atoms with Gasteiger partial charge in [-0.15, -0.1) is 11.3 Å². The molecule has 2 aliphatic carbocycles. The van der Waals surface area contributed by atoms with Crippen molar-refractivity contribution in [2.75, 3.05) is 18.5 Å². The van der Waals surface area contributed by atoms with Crippen molar-refractivity contribution in [2.24, 2.45) is 16.8 Å². The summed E-state index contributed by atoms with van der Waals surface area (Å²) in [6, 6.07) is 25.8. The highest BCUT2D eigenvalue weighted by Crippen LogP contribution is 2.42. The minimum Gasteiger partial charge on any atom is -0.426 e. The zero-order chi connectivity index (χ0) is 32.7. The van der Waals surface area contributed by atoms with E-state index in [4.69, 9.17) is 21.3 Å². The van der Waals surface area contributed by atoms with Gasteiger partial charge in [0.05, 0.1) is 22.3 Å². The van der Waals surface area contributed by atoms with Gasteiger partial charge in [0.2, 0.25) is 10.0 Å². The molecular formula is C35H33ClN4O5S2. The molecule has 4 aromatic rings. The Balaban J connectivity index is 1.04. The summed E-state index contributed by atoms with van der Waals surface area (Å²) in [4.78, 5) is 32.9. The zero-order valence-electron chi connectivity index (χ0n) is 25.6. The van der Waals surface area contributed by atoms with Gasteiger partial charge in [0.15, 0.2) is 6.17 Å². The molecule has 7 rings (SSSR count). The lowest BCUT2D eigenvalue weighted by molar-refractivity contribution is -0.133. The van der Waals surface area contributed by atoms with Gasteiger partial charge < -0.3 is 9.64 Å². The molecule has 1 amide bonds. The number of benzene rings is 3. The topological polar surface area (TPSA) is 117 Å². The molecule has 1 aliphatic heterocycles. The lowest BCUT2D eigenvalue weighted by Gasteiger charge is -2.23. The van der Waals surface area contributed by atoms with E-state index in [2.05, 4.69) is 10.0 Å². The average molecular weight is 689 g/mol. The third-order valence-electron chi connectivity index (χ3n) is 9.23. The Labute approximate surface area is 282 Å². The number of hydrogen-bond acceptors (Lipinski definition) is 8. The lowest BCUT2D eigenvalue weighted by atomic mass is 9.93. The van der Waals surface area contributed by atoms with Crippen LogP contribution in [0, 0.1) is 11.8 Å². The number of nitrogens with one attached hydrogen (secondary N) is 2. The Morgan fingerprint density at radius 3 is 2.45 bits per heavy atom. The van der Waals surface area contributed by atoms with E-state index in [1.165, 1.54) is 6.07 Å². The molecule has 4 atom stereocenters. The van der Waals surface area contributed by atoms with Crippen molar-refractivity contribution in [3.63, 3.8) is 0 Å². The summed E-state index contributed by atoms with van der Waals surface area (Å²) in [5.74, 6) is -0.133. The first-order valence-corrected chi connectivity index (χ1v) is 18.2. The number of thiophene rings is 1. The van der Waals surface area contributed by atoms with Gasteiger partial charge in [0, 0.05) is 24.2 Å². The molecule has 0 saturated heterocycles. The van der Waals surface area contributed by atoms with Gasteiger partial charge in [-0.05, 0) is 79.0 Å². The Morgan fingerprint density at radius 1 is 0.979 bits per heavy atom. The number of nitrogens with zero attached hydrogens (tertiary/aromatic N) is 2. The first kappa shape index (κ1) is 31.7. The monoisotopic (exact) mass is 688 g/mol. The molecule has 1 unspecified atom stereocenters. The number of rotatable bonds is 8. The normalized spacial score (nSPS) is 22.1. The molecule has 3 aliphatic rings. The maximum Gasteiger partial charge on any atom is 0.325 e. The summed E-state index contributed by atoms with van der Waals surface area (Å²) in [6.45, 7) is -0.232. The fraction of sp³-hybridized carbons (Fsp3) is 0.286. The SMILES string of the molecule is CN1C(=O)[C@@H](NCC(=O)Oc2ccc3c(c2)C[C@H]2CCC(C3)[C@H]2NS(=O)(=O)c2ccc(Cl)s2)N=C(c2ccccc2)c2ccccc21. The quantitative estimate of drug-likeness (QED) is 0.194. The van der Waals surface area contributed by atoms with E-state index < -0.39 is 22.2 Å². The Bertz CT molecular complexity index is 1980. The highest BCUT2D eigenvalue weighted by atomic mass is 35.5. The van der Waals surface area contributed by atoms with Crippen LogP contribution >= 0.6 is 22.9 Å². The van der Waals surface area contributed by atoms with Crippen molar-refractivity contribution in [3.05, 3.63) is 112 Å².